The van der Waals surface area contributed by atoms with Crippen LogP contribution in [0.4, 0.5) is 10.1 Å². The van der Waals surface area contributed by atoms with E-state index in [1.807, 2.05) is 30.3 Å². The number of benzene rings is 3. The molecule has 7 rings (SSSR count). The number of carbonyl (C=O) groups is 2. The molecule has 0 aromatic heterocycles. The van der Waals surface area contributed by atoms with Crippen LogP contribution in [0, 0.1) is 11.7 Å². The quantitative estimate of drug-likeness (QED) is 0.553. The van der Waals surface area contributed by atoms with E-state index in [0.717, 1.165) is 11.3 Å². The molecule has 1 N–H and O–H groups in total. The fourth-order valence-electron chi connectivity index (χ4n) is 6.33. The average molecular weight is 489 g/mol. The summed E-state index contributed by atoms with van der Waals surface area (Å²) in [5.74, 6) is 0.602. The van der Waals surface area contributed by atoms with Crippen LogP contribution in [0.25, 0.3) is 0 Å². The summed E-state index contributed by atoms with van der Waals surface area (Å²) >= 11 is 1.74. The summed E-state index contributed by atoms with van der Waals surface area (Å²) in [6, 6.07) is 19.3. The van der Waals surface area contributed by atoms with Crippen molar-refractivity contribution in [2.45, 2.75) is 17.5 Å². The predicted octanol–water partition coefficient (Wildman–Crippen LogP) is 4.37. The summed E-state index contributed by atoms with van der Waals surface area (Å²) in [6.45, 7) is 0.106. The van der Waals surface area contributed by atoms with Crippen LogP contribution in [0.2, 0.25) is 0 Å². The van der Waals surface area contributed by atoms with Crippen LogP contribution in [0.1, 0.15) is 27.4 Å². The minimum atomic E-state index is -1.31. The molecule has 6 nitrogen and oxygen atoms in total. The van der Waals surface area contributed by atoms with Crippen molar-refractivity contribution in [1.29, 1.82) is 0 Å². The van der Waals surface area contributed by atoms with E-state index in [9.17, 15) is 14.0 Å². The van der Waals surface area contributed by atoms with Gasteiger partial charge in [-0.15, -0.1) is 11.8 Å². The number of amides is 1. The lowest BCUT2D eigenvalue weighted by Gasteiger charge is -2.36. The average Bonchev–Trinajstić information content (AvgIpc) is 3.63. The maximum Gasteiger partial charge on any atom is 0.250 e. The number of fused-ring (bicyclic) bond motifs is 5. The summed E-state index contributed by atoms with van der Waals surface area (Å²) in [5, 5.41) is 2.97. The van der Waals surface area contributed by atoms with Gasteiger partial charge in [0.2, 0.25) is 12.7 Å². The van der Waals surface area contributed by atoms with Gasteiger partial charge in [-0.2, -0.15) is 0 Å². The number of carbonyl (C=O) groups excluding carboxylic acids is 2. The second-order valence-electron chi connectivity index (χ2n) is 9.29. The standard InChI is InChI=1S/C27H21FN2O4S/c28-17-7-8-19-18(11-17)27(26(32)29-19)24(25(31)16-6-9-21-22(10-16)34-14-33-21)23(15-4-2-1-3-5-15)20-12-35-13-30(20)27/h1-11,20,23-24H,12-14H2,(H,29,32)/t20-,23-,24-,27+/m0/s1. The van der Waals surface area contributed by atoms with E-state index < -0.39 is 17.3 Å². The molecular formula is C27H21FN2O4S. The highest BCUT2D eigenvalue weighted by atomic mass is 32.2. The molecule has 0 unspecified atom stereocenters. The van der Waals surface area contributed by atoms with Crippen LogP contribution < -0.4 is 14.8 Å². The molecule has 0 aliphatic carbocycles. The lowest BCUT2D eigenvalue weighted by molar-refractivity contribution is -0.127. The number of ketones is 1. The zero-order valence-electron chi connectivity index (χ0n) is 18.6. The highest BCUT2D eigenvalue weighted by Gasteiger charge is 2.69. The first-order chi connectivity index (χ1) is 17.1. The Morgan fingerprint density at radius 1 is 1.06 bits per heavy atom. The smallest absolute Gasteiger partial charge is 0.250 e. The molecule has 4 aliphatic rings. The van der Waals surface area contributed by atoms with Crippen molar-refractivity contribution < 1.29 is 23.5 Å². The first-order valence-corrected chi connectivity index (χ1v) is 12.7. The van der Waals surface area contributed by atoms with Gasteiger partial charge in [0.1, 0.15) is 11.4 Å². The van der Waals surface area contributed by atoms with Crippen molar-refractivity contribution in [3.63, 3.8) is 0 Å². The third-order valence-corrected chi connectivity index (χ3v) is 8.74. The van der Waals surface area contributed by atoms with Crippen LogP contribution >= 0.6 is 11.8 Å². The van der Waals surface area contributed by atoms with Gasteiger partial charge in [-0.25, -0.2) is 4.39 Å². The number of thioether (sulfide) groups is 1. The molecule has 1 amide bonds. The van der Waals surface area contributed by atoms with E-state index in [4.69, 9.17) is 9.47 Å². The molecule has 1 spiro atoms. The van der Waals surface area contributed by atoms with Gasteiger partial charge in [0.05, 0.1) is 5.92 Å². The second kappa shape index (κ2) is 7.57. The molecular weight excluding hydrogens is 467 g/mol. The minimum absolute atomic E-state index is 0.0506. The zero-order valence-corrected chi connectivity index (χ0v) is 19.4. The number of rotatable bonds is 3. The molecule has 4 atom stereocenters. The molecule has 35 heavy (non-hydrogen) atoms. The number of ether oxygens (including phenoxy) is 2. The van der Waals surface area contributed by atoms with E-state index in [1.54, 1.807) is 36.0 Å². The lowest BCUT2D eigenvalue weighted by atomic mass is 9.69. The molecule has 0 radical (unpaired) electrons. The molecule has 8 heteroatoms. The van der Waals surface area contributed by atoms with E-state index >= 15 is 0 Å². The number of hydrogen-bond donors (Lipinski definition) is 1. The fraction of sp³-hybridized carbons (Fsp3) is 0.259. The van der Waals surface area contributed by atoms with Crippen LogP contribution in [0.3, 0.4) is 0 Å². The van der Waals surface area contributed by atoms with Gasteiger partial charge in [0.15, 0.2) is 17.3 Å². The second-order valence-corrected chi connectivity index (χ2v) is 10.3. The maximum atomic E-state index is 14.6. The van der Waals surface area contributed by atoms with Gasteiger partial charge in [0, 0.05) is 40.4 Å². The van der Waals surface area contributed by atoms with Crippen molar-refractivity contribution in [3.8, 4) is 11.5 Å². The third-order valence-electron chi connectivity index (χ3n) is 7.71. The Balaban J connectivity index is 1.47. The number of hydrogen-bond acceptors (Lipinski definition) is 6. The maximum absolute atomic E-state index is 14.6. The summed E-state index contributed by atoms with van der Waals surface area (Å²) in [5.41, 5.74) is 1.24. The van der Waals surface area contributed by atoms with E-state index in [0.29, 0.717) is 34.2 Å². The summed E-state index contributed by atoms with van der Waals surface area (Å²) in [6.07, 6.45) is 0. The summed E-state index contributed by atoms with van der Waals surface area (Å²) in [7, 11) is 0. The van der Waals surface area contributed by atoms with Crippen LogP contribution in [-0.4, -0.2) is 41.1 Å². The lowest BCUT2D eigenvalue weighted by Crippen LogP contribution is -2.52. The highest BCUT2D eigenvalue weighted by molar-refractivity contribution is 7.99. The summed E-state index contributed by atoms with van der Waals surface area (Å²) < 4.78 is 25.6. The van der Waals surface area contributed by atoms with Gasteiger partial charge < -0.3 is 14.8 Å². The molecule has 2 saturated heterocycles. The first kappa shape index (κ1) is 21.0. The monoisotopic (exact) mass is 488 g/mol. The minimum Gasteiger partial charge on any atom is -0.454 e. The van der Waals surface area contributed by atoms with Gasteiger partial charge in [0.25, 0.3) is 0 Å². The van der Waals surface area contributed by atoms with Crippen molar-refractivity contribution in [1.82, 2.24) is 4.90 Å². The Hall–Kier alpha value is -3.36. The normalized spacial score (nSPS) is 28.3. The molecule has 3 aromatic carbocycles. The third kappa shape index (κ3) is 2.81. The van der Waals surface area contributed by atoms with E-state index in [2.05, 4.69) is 10.2 Å². The molecule has 4 heterocycles. The van der Waals surface area contributed by atoms with Gasteiger partial charge in [-0.3, -0.25) is 14.5 Å². The first-order valence-electron chi connectivity index (χ1n) is 11.5. The zero-order chi connectivity index (χ0) is 23.7. The predicted molar refractivity (Wildman–Crippen MR) is 129 cm³/mol. The van der Waals surface area contributed by atoms with Crippen LogP contribution in [0.5, 0.6) is 11.5 Å². The van der Waals surface area contributed by atoms with Crippen molar-refractivity contribution in [2.24, 2.45) is 5.92 Å². The number of Topliss-reactive ketones (excluding diaryl/α,β-unsaturated/α-hetero) is 1. The van der Waals surface area contributed by atoms with Crippen LogP contribution in [-0.2, 0) is 10.3 Å². The molecule has 2 fully saturated rings. The molecule has 3 aromatic rings. The van der Waals surface area contributed by atoms with Gasteiger partial charge >= 0.3 is 0 Å². The fourth-order valence-corrected chi connectivity index (χ4v) is 7.65. The summed E-state index contributed by atoms with van der Waals surface area (Å²) in [4.78, 5) is 30.5. The Bertz CT molecular complexity index is 1380. The van der Waals surface area contributed by atoms with Gasteiger partial charge in [-0.1, -0.05) is 30.3 Å². The SMILES string of the molecule is O=C(c1ccc2c(c1)OCO2)[C@@H]1[C@@H](c2ccccc2)[C@@H]2CSCN2[C@@]12C(=O)Nc1ccc(F)cc12. The number of anilines is 1. The molecule has 0 saturated carbocycles. The van der Waals surface area contributed by atoms with Crippen molar-refractivity contribution in [3.05, 3.63) is 89.2 Å². The Morgan fingerprint density at radius 3 is 2.74 bits per heavy atom. The number of halogens is 1. The number of nitrogens with zero attached hydrogens (tertiary/aromatic N) is 1. The van der Waals surface area contributed by atoms with E-state index in [1.165, 1.54) is 12.1 Å². The number of nitrogens with one attached hydrogen (secondary N) is 1. The highest BCUT2D eigenvalue weighted by Crippen LogP contribution is 2.61. The largest absolute Gasteiger partial charge is 0.454 e. The van der Waals surface area contributed by atoms with Gasteiger partial charge in [-0.05, 0) is 42.0 Å². The molecule has 176 valence electrons. The van der Waals surface area contributed by atoms with Crippen molar-refractivity contribution >= 4 is 29.1 Å². The van der Waals surface area contributed by atoms with Crippen molar-refractivity contribution in [2.75, 3.05) is 23.7 Å². The Kier molecular flexibility index (Phi) is 4.53. The molecule has 0 bridgehead atoms. The van der Waals surface area contributed by atoms with E-state index in [-0.39, 0.29) is 30.4 Å². The topological polar surface area (TPSA) is 67.9 Å². The molecule has 4 aliphatic heterocycles. The Labute approximate surface area is 205 Å². The Morgan fingerprint density at radius 2 is 1.89 bits per heavy atom. The van der Waals surface area contributed by atoms with Crippen LogP contribution in [0.15, 0.2) is 66.7 Å².